The fraction of sp³-hybridized carbons (Fsp3) is 0.231. The summed E-state index contributed by atoms with van der Waals surface area (Å²) in [7, 11) is 0. The normalized spacial score (nSPS) is 10.7. The van der Waals surface area contributed by atoms with Crippen LogP contribution in [0.2, 0.25) is 0 Å². The van der Waals surface area contributed by atoms with Crippen molar-refractivity contribution in [2.45, 2.75) is 20.4 Å². The van der Waals surface area contributed by atoms with Crippen molar-refractivity contribution in [3.63, 3.8) is 0 Å². The third-order valence-electron chi connectivity index (χ3n) is 3.08. The SMILES string of the molecule is Cc1nc(=O)n(Cc2ccc([N+](=O)[O-])c(F)c2)c(C)c1Br. The zero-order valence-corrected chi connectivity index (χ0v) is 12.8. The standard InChI is InChI=1S/C13H11BrFN3O3/c1-7-12(14)8(2)17(13(19)16-7)6-9-3-4-11(18(20)21)10(15)5-9/h3-5H,6H2,1-2H3. The van der Waals surface area contributed by atoms with Gasteiger partial charge in [0.2, 0.25) is 5.82 Å². The van der Waals surface area contributed by atoms with E-state index in [1.165, 1.54) is 10.6 Å². The molecule has 21 heavy (non-hydrogen) atoms. The molecule has 0 aliphatic heterocycles. The van der Waals surface area contributed by atoms with Crippen molar-refractivity contribution >= 4 is 21.6 Å². The molecule has 0 saturated heterocycles. The van der Waals surface area contributed by atoms with E-state index in [9.17, 15) is 19.3 Å². The van der Waals surface area contributed by atoms with Crippen molar-refractivity contribution in [1.29, 1.82) is 0 Å². The molecule has 0 bridgehead atoms. The van der Waals surface area contributed by atoms with Gasteiger partial charge in [-0.25, -0.2) is 4.79 Å². The van der Waals surface area contributed by atoms with Crippen LogP contribution in [0.5, 0.6) is 0 Å². The predicted octanol–water partition coefficient (Wildman–Crippen LogP) is 2.72. The van der Waals surface area contributed by atoms with Crippen molar-refractivity contribution in [3.8, 4) is 0 Å². The van der Waals surface area contributed by atoms with Crippen LogP contribution >= 0.6 is 15.9 Å². The summed E-state index contributed by atoms with van der Waals surface area (Å²) in [5.74, 6) is -0.928. The van der Waals surface area contributed by atoms with Gasteiger partial charge in [-0.1, -0.05) is 6.07 Å². The van der Waals surface area contributed by atoms with Crippen LogP contribution in [0.25, 0.3) is 0 Å². The Bertz CT molecular complexity index is 789. The summed E-state index contributed by atoms with van der Waals surface area (Å²) in [5.41, 5.74) is 0.633. The third-order valence-corrected chi connectivity index (χ3v) is 4.23. The van der Waals surface area contributed by atoms with Crippen LogP contribution in [0, 0.1) is 29.8 Å². The Morgan fingerprint density at radius 1 is 1.43 bits per heavy atom. The Kier molecular flexibility index (Phi) is 4.17. The van der Waals surface area contributed by atoms with Gasteiger partial charge in [-0.15, -0.1) is 0 Å². The zero-order valence-electron chi connectivity index (χ0n) is 11.3. The number of halogens is 2. The molecule has 0 unspecified atom stereocenters. The monoisotopic (exact) mass is 355 g/mol. The first kappa shape index (κ1) is 15.3. The highest BCUT2D eigenvalue weighted by molar-refractivity contribution is 9.10. The lowest BCUT2D eigenvalue weighted by molar-refractivity contribution is -0.387. The number of nitrogens with zero attached hydrogens (tertiary/aromatic N) is 3. The van der Waals surface area contributed by atoms with Crippen molar-refractivity contribution in [1.82, 2.24) is 9.55 Å². The molecule has 1 aromatic carbocycles. The molecule has 0 saturated carbocycles. The van der Waals surface area contributed by atoms with Gasteiger partial charge in [-0.05, 0) is 41.4 Å². The van der Waals surface area contributed by atoms with E-state index >= 15 is 0 Å². The summed E-state index contributed by atoms with van der Waals surface area (Å²) >= 11 is 3.34. The van der Waals surface area contributed by atoms with Crippen LogP contribution in [0.1, 0.15) is 17.0 Å². The average Bonchev–Trinajstić information content (AvgIpc) is 2.41. The Hall–Kier alpha value is -2.09. The fourth-order valence-electron chi connectivity index (χ4n) is 1.94. The predicted molar refractivity (Wildman–Crippen MR) is 77.8 cm³/mol. The molecule has 2 aromatic rings. The molecule has 0 radical (unpaired) electrons. The Morgan fingerprint density at radius 3 is 2.67 bits per heavy atom. The summed E-state index contributed by atoms with van der Waals surface area (Å²) < 4.78 is 15.7. The smallest absolute Gasteiger partial charge is 0.291 e. The van der Waals surface area contributed by atoms with E-state index in [4.69, 9.17) is 0 Å². The summed E-state index contributed by atoms with van der Waals surface area (Å²) in [4.78, 5) is 25.5. The minimum atomic E-state index is -0.928. The molecule has 0 atom stereocenters. The number of benzene rings is 1. The summed E-state index contributed by atoms with van der Waals surface area (Å²) in [6.07, 6.45) is 0. The highest BCUT2D eigenvalue weighted by Crippen LogP contribution is 2.20. The zero-order chi connectivity index (χ0) is 15.7. The Labute approximate surface area is 127 Å². The van der Waals surface area contributed by atoms with Gasteiger partial charge in [0.05, 0.1) is 21.6 Å². The Balaban J connectivity index is 2.44. The minimum Gasteiger partial charge on any atom is -0.291 e. The number of rotatable bonds is 3. The van der Waals surface area contributed by atoms with Crippen LogP contribution in [0.4, 0.5) is 10.1 Å². The first-order valence-electron chi connectivity index (χ1n) is 5.97. The molecule has 0 aliphatic rings. The van der Waals surface area contributed by atoms with E-state index in [1.807, 2.05) is 0 Å². The largest absolute Gasteiger partial charge is 0.348 e. The maximum Gasteiger partial charge on any atom is 0.348 e. The van der Waals surface area contributed by atoms with Crippen molar-refractivity contribution in [2.75, 3.05) is 0 Å². The molecule has 0 aliphatic carbocycles. The molecular weight excluding hydrogens is 345 g/mol. The van der Waals surface area contributed by atoms with Gasteiger partial charge in [0.15, 0.2) is 0 Å². The summed E-state index contributed by atoms with van der Waals surface area (Å²) in [6.45, 7) is 3.53. The molecular formula is C13H11BrFN3O3. The quantitative estimate of drug-likeness (QED) is 0.626. The number of nitro groups is 1. The lowest BCUT2D eigenvalue weighted by Crippen LogP contribution is -2.27. The first-order chi connectivity index (χ1) is 9.81. The molecule has 0 spiro atoms. The average molecular weight is 356 g/mol. The topological polar surface area (TPSA) is 78.0 Å². The van der Waals surface area contributed by atoms with Gasteiger partial charge >= 0.3 is 11.4 Å². The number of nitro benzene ring substituents is 1. The molecule has 110 valence electrons. The van der Waals surface area contributed by atoms with E-state index in [0.29, 0.717) is 21.4 Å². The van der Waals surface area contributed by atoms with Gasteiger partial charge in [-0.2, -0.15) is 9.37 Å². The molecule has 0 N–H and O–H groups in total. The second-order valence-corrected chi connectivity index (χ2v) is 5.30. The molecule has 6 nitrogen and oxygen atoms in total. The fourth-order valence-corrected chi connectivity index (χ4v) is 2.24. The van der Waals surface area contributed by atoms with Crippen LogP contribution in [-0.2, 0) is 6.54 Å². The molecule has 0 amide bonds. The number of hydrogen-bond acceptors (Lipinski definition) is 4. The van der Waals surface area contributed by atoms with Crippen LogP contribution in [-0.4, -0.2) is 14.5 Å². The number of aromatic nitrogens is 2. The van der Waals surface area contributed by atoms with Gasteiger partial charge in [0, 0.05) is 11.8 Å². The highest BCUT2D eigenvalue weighted by atomic mass is 79.9. The van der Waals surface area contributed by atoms with Gasteiger partial charge in [0.1, 0.15) is 0 Å². The lowest BCUT2D eigenvalue weighted by Gasteiger charge is -2.12. The maximum absolute atomic E-state index is 13.6. The highest BCUT2D eigenvalue weighted by Gasteiger charge is 2.15. The molecule has 8 heteroatoms. The van der Waals surface area contributed by atoms with Gasteiger partial charge in [0.25, 0.3) is 0 Å². The lowest BCUT2D eigenvalue weighted by atomic mass is 10.2. The second kappa shape index (κ2) is 5.72. The van der Waals surface area contributed by atoms with Gasteiger partial charge < -0.3 is 0 Å². The second-order valence-electron chi connectivity index (χ2n) is 4.51. The minimum absolute atomic E-state index is 0.0888. The van der Waals surface area contributed by atoms with E-state index < -0.39 is 22.1 Å². The van der Waals surface area contributed by atoms with E-state index in [0.717, 1.165) is 12.1 Å². The first-order valence-corrected chi connectivity index (χ1v) is 6.77. The molecule has 1 aromatic heterocycles. The molecule has 1 heterocycles. The van der Waals surface area contributed by atoms with Gasteiger partial charge in [-0.3, -0.25) is 14.7 Å². The van der Waals surface area contributed by atoms with Crippen LogP contribution in [0.3, 0.4) is 0 Å². The van der Waals surface area contributed by atoms with Crippen molar-refractivity contribution < 1.29 is 9.31 Å². The third kappa shape index (κ3) is 2.99. The van der Waals surface area contributed by atoms with E-state index in [1.54, 1.807) is 13.8 Å². The summed E-state index contributed by atoms with van der Waals surface area (Å²) in [5, 5.41) is 10.6. The molecule has 0 fully saturated rings. The van der Waals surface area contributed by atoms with Crippen molar-refractivity contribution in [3.05, 3.63) is 66.0 Å². The van der Waals surface area contributed by atoms with Crippen LogP contribution < -0.4 is 5.69 Å². The van der Waals surface area contributed by atoms with E-state index in [2.05, 4.69) is 20.9 Å². The molecule has 2 rings (SSSR count). The number of aryl methyl sites for hydroxylation is 1. The number of hydrogen-bond donors (Lipinski definition) is 0. The maximum atomic E-state index is 13.6. The Morgan fingerprint density at radius 2 is 2.10 bits per heavy atom. The van der Waals surface area contributed by atoms with Crippen LogP contribution in [0.15, 0.2) is 27.5 Å². The van der Waals surface area contributed by atoms with Crippen molar-refractivity contribution in [2.24, 2.45) is 0 Å². The summed E-state index contributed by atoms with van der Waals surface area (Å²) in [6, 6.07) is 3.56. The van der Waals surface area contributed by atoms with E-state index in [-0.39, 0.29) is 6.54 Å².